The zero-order valence-corrected chi connectivity index (χ0v) is 8.01. The number of nitrogens with one attached hydrogen (secondary N) is 1. The number of anilines is 2. The highest BCUT2D eigenvalue weighted by Crippen LogP contribution is 2.15. The fourth-order valence-corrected chi connectivity index (χ4v) is 1.17. The molecule has 0 aliphatic heterocycles. The lowest BCUT2D eigenvalue weighted by Crippen LogP contribution is -1.93. The summed E-state index contributed by atoms with van der Waals surface area (Å²) in [5.74, 6) is 0.777. The maximum Gasteiger partial charge on any atom is 0.156 e. The van der Waals surface area contributed by atoms with Crippen LogP contribution >= 0.6 is 0 Å². The lowest BCUT2D eigenvalue weighted by Gasteiger charge is -1.92. The van der Waals surface area contributed by atoms with E-state index in [0.717, 1.165) is 5.69 Å². The van der Waals surface area contributed by atoms with Gasteiger partial charge >= 0.3 is 0 Å². The number of aromatic amines is 1. The van der Waals surface area contributed by atoms with Crippen molar-refractivity contribution in [1.29, 1.82) is 0 Å². The Morgan fingerprint density at radius 3 is 2.53 bits per heavy atom. The summed E-state index contributed by atoms with van der Waals surface area (Å²) in [4.78, 5) is 4.23. The Balaban J connectivity index is 2.26. The van der Waals surface area contributed by atoms with Gasteiger partial charge in [0.1, 0.15) is 5.82 Å². The molecule has 15 heavy (non-hydrogen) atoms. The van der Waals surface area contributed by atoms with Gasteiger partial charge in [0.25, 0.3) is 0 Å². The van der Waals surface area contributed by atoms with Crippen molar-refractivity contribution in [3.05, 3.63) is 35.9 Å². The highest BCUT2D eigenvalue weighted by atomic mass is 15.2. The van der Waals surface area contributed by atoms with Crippen molar-refractivity contribution in [2.24, 2.45) is 4.99 Å². The maximum absolute atomic E-state index is 5.62. The van der Waals surface area contributed by atoms with Gasteiger partial charge in [-0.3, -0.25) is 10.1 Å². The van der Waals surface area contributed by atoms with E-state index in [1.807, 2.05) is 30.3 Å². The minimum absolute atomic E-state index is 0.354. The van der Waals surface area contributed by atoms with Gasteiger partial charge in [0.15, 0.2) is 5.82 Å². The number of aliphatic imine (C=N–C) groups is 1. The van der Waals surface area contributed by atoms with Crippen LogP contribution < -0.4 is 11.5 Å². The number of rotatable bonds is 2. The second-order valence-electron chi connectivity index (χ2n) is 3.03. The minimum Gasteiger partial charge on any atom is -0.383 e. The molecular formula is C10H11N5. The molecule has 0 atom stereocenters. The van der Waals surface area contributed by atoms with Crippen LogP contribution in [0.3, 0.4) is 0 Å². The summed E-state index contributed by atoms with van der Waals surface area (Å²) in [7, 11) is 0. The topological polar surface area (TPSA) is 93.1 Å². The summed E-state index contributed by atoms with van der Waals surface area (Å²) >= 11 is 0. The molecule has 1 aromatic carbocycles. The monoisotopic (exact) mass is 201 g/mol. The van der Waals surface area contributed by atoms with E-state index in [1.54, 1.807) is 6.21 Å². The van der Waals surface area contributed by atoms with E-state index in [-0.39, 0.29) is 0 Å². The summed E-state index contributed by atoms with van der Waals surface area (Å²) < 4.78 is 0. The first-order chi connectivity index (χ1) is 7.27. The number of nitrogens with zero attached hydrogens (tertiary/aromatic N) is 2. The molecule has 0 unspecified atom stereocenters. The number of benzene rings is 1. The van der Waals surface area contributed by atoms with Gasteiger partial charge in [-0.25, -0.2) is 0 Å². The van der Waals surface area contributed by atoms with Crippen LogP contribution in [0, 0.1) is 0 Å². The normalized spacial score (nSPS) is 10.9. The number of nitrogen functional groups attached to an aromatic ring is 2. The molecule has 0 radical (unpaired) electrons. The number of hydrogen-bond acceptors (Lipinski definition) is 4. The SMILES string of the molecule is Nc1n[nH]c(N)c1C=Nc1ccccc1. The number of aromatic nitrogens is 2. The maximum atomic E-state index is 5.62. The summed E-state index contributed by atoms with van der Waals surface area (Å²) in [6.07, 6.45) is 1.60. The Morgan fingerprint density at radius 1 is 1.20 bits per heavy atom. The van der Waals surface area contributed by atoms with E-state index in [1.165, 1.54) is 0 Å². The Morgan fingerprint density at radius 2 is 1.93 bits per heavy atom. The molecule has 2 aromatic rings. The van der Waals surface area contributed by atoms with Gasteiger partial charge in [-0.2, -0.15) is 5.10 Å². The van der Waals surface area contributed by atoms with Gasteiger partial charge in [0.05, 0.1) is 11.3 Å². The number of para-hydroxylation sites is 1. The molecule has 5 nitrogen and oxygen atoms in total. The second-order valence-corrected chi connectivity index (χ2v) is 3.03. The average molecular weight is 201 g/mol. The summed E-state index contributed by atoms with van der Waals surface area (Å²) in [5.41, 5.74) is 12.7. The molecule has 1 aromatic heterocycles. The first-order valence-electron chi connectivity index (χ1n) is 4.46. The van der Waals surface area contributed by atoms with Crippen LogP contribution in [0.4, 0.5) is 17.3 Å². The first kappa shape index (κ1) is 9.26. The van der Waals surface area contributed by atoms with Crippen molar-refractivity contribution in [1.82, 2.24) is 10.2 Å². The van der Waals surface area contributed by atoms with Gasteiger partial charge in [0.2, 0.25) is 0 Å². The van der Waals surface area contributed by atoms with E-state index in [4.69, 9.17) is 11.5 Å². The van der Waals surface area contributed by atoms with Crippen molar-refractivity contribution >= 4 is 23.5 Å². The standard InChI is InChI=1S/C10H11N5/c11-9-8(10(12)15-14-9)6-13-7-4-2-1-3-5-7/h1-6H,(H5,11,12,14,15). The minimum atomic E-state index is 0.354. The molecule has 2 rings (SSSR count). The predicted molar refractivity (Wildman–Crippen MR) is 61.1 cm³/mol. The molecule has 0 aliphatic rings. The Labute approximate surface area is 86.8 Å². The van der Waals surface area contributed by atoms with Crippen molar-refractivity contribution < 1.29 is 0 Å². The van der Waals surface area contributed by atoms with Crippen LogP contribution in [0.25, 0.3) is 0 Å². The van der Waals surface area contributed by atoms with Crippen LogP contribution in [0.1, 0.15) is 5.56 Å². The highest BCUT2D eigenvalue weighted by molar-refractivity contribution is 5.92. The van der Waals surface area contributed by atoms with Gasteiger partial charge in [-0.1, -0.05) is 18.2 Å². The zero-order chi connectivity index (χ0) is 10.7. The molecule has 0 fully saturated rings. The lowest BCUT2D eigenvalue weighted by molar-refractivity contribution is 1.11. The summed E-state index contributed by atoms with van der Waals surface area (Å²) in [6.45, 7) is 0. The second kappa shape index (κ2) is 3.83. The Bertz CT molecular complexity index is 452. The van der Waals surface area contributed by atoms with Crippen LogP contribution in [-0.4, -0.2) is 16.4 Å². The van der Waals surface area contributed by atoms with Crippen molar-refractivity contribution in [3.8, 4) is 0 Å². The number of hydrogen-bond donors (Lipinski definition) is 3. The smallest absolute Gasteiger partial charge is 0.156 e. The van der Waals surface area contributed by atoms with Crippen molar-refractivity contribution in [2.45, 2.75) is 0 Å². The Hall–Kier alpha value is -2.30. The molecule has 0 saturated heterocycles. The van der Waals surface area contributed by atoms with E-state index < -0.39 is 0 Å². The quantitative estimate of drug-likeness (QED) is 0.640. The molecule has 5 heteroatoms. The van der Waals surface area contributed by atoms with Gasteiger partial charge in [-0.15, -0.1) is 0 Å². The predicted octanol–water partition coefficient (Wildman–Crippen LogP) is 1.32. The third-order valence-corrected chi connectivity index (χ3v) is 1.96. The third kappa shape index (κ3) is 1.96. The average Bonchev–Trinajstić information content (AvgIpc) is 2.58. The number of nitrogens with two attached hydrogens (primary N) is 2. The van der Waals surface area contributed by atoms with Crippen LogP contribution in [0.2, 0.25) is 0 Å². The molecule has 0 spiro atoms. The van der Waals surface area contributed by atoms with Crippen LogP contribution in [-0.2, 0) is 0 Å². The third-order valence-electron chi connectivity index (χ3n) is 1.96. The van der Waals surface area contributed by atoms with Gasteiger partial charge in [-0.05, 0) is 12.1 Å². The van der Waals surface area contributed by atoms with E-state index in [2.05, 4.69) is 15.2 Å². The molecule has 76 valence electrons. The van der Waals surface area contributed by atoms with E-state index in [9.17, 15) is 0 Å². The van der Waals surface area contributed by atoms with E-state index in [0.29, 0.717) is 17.2 Å². The van der Waals surface area contributed by atoms with Gasteiger partial charge < -0.3 is 11.5 Å². The fraction of sp³-hybridized carbons (Fsp3) is 0. The molecule has 0 amide bonds. The zero-order valence-electron chi connectivity index (χ0n) is 8.01. The first-order valence-corrected chi connectivity index (χ1v) is 4.46. The lowest BCUT2D eigenvalue weighted by atomic mass is 10.3. The molecule has 0 saturated carbocycles. The molecule has 0 aliphatic carbocycles. The molecule has 0 bridgehead atoms. The van der Waals surface area contributed by atoms with E-state index >= 15 is 0 Å². The summed E-state index contributed by atoms with van der Waals surface area (Å²) in [5, 5.41) is 6.35. The van der Waals surface area contributed by atoms with Crippen molar-refractivity contribution in [3.63, 3.8) is 0 Å². The van der Waals surface area contributed by atoms with Crippen LogP contribution in [0.5, 0.6) is 0 Å². The van der Waals surface area contributed by atoms with Crippen LogP contribution in [0.15, 0.2) is 35.3 Å². The highest BCUT2D eigenvalue weighted by Gasteiger charge is 2.03. The van der Waals surface area contributed by atoms with Gasteiger partial charge in [0, 0.05) is 6.21 Å². The largest absolute Gasteiger partial charge is 0.383 e. The fourth-order valence-electron chi connectivity index (χ4n) is 1.17. The molecule has 1 heterocycles. The summed E-state index contributed by atoms with van der Waals surface area (Å²) in [6, 6.07) is 9.54. The number of H-pyrrole nitrogens is 1. The molecular weight excluding hydrogens is 190 g/mol. The Kier molecular flexibility index (Phi) is 2.37. The molecule has 5 N–H and O–H groups in total. The van der Waals surface area contributed by atoms with Crippen molar-refractivity contribution in [2.75, 3.05) is 11.5 Å².